The Morgan fingerprint density at radius 1 is 1.10 bits per heavy atom. The van der Waals surface area contributed by atoms with Crippen molar-refractivity contribution in [2.75, 3.05) is 35.6 Å². The average molecular weight is 590 g/mol. The number of likely N-dealkylation sites (tertiary alicyclic amines) is 1. The van der Waals surface area contributed by atoms with E-state index >= 15 is 0 Å². The molecule has 2 aromatic carbocycles. The highest BCUT2D eigenvalue weighted by Crippen LogP contribution is 2.29. The van der Waals surface area contributed by atoms with Crippen LogP contribution in [0.15, 0.2) is 48.7 Å². The molecule has 1 saturated heterocycles. The molecule has 3 amide bonds. The maximum Gasteiger partial charge on any atom is 0.446 e. The van der Waals surface area contributed by atoms with Crippen molar-refractivity contribution in [3.05, 3.63) is 64.8 Å². The van der Waals surface area contributed by atoms with E-state index in [0.29, 0.717) is 42.7 Å². The van der Waals surface area contributed by atoms with Crippen molar-refractivity contribution in [2.45, 2.75) is 31.9 Å². The molecule has 0 atom stereocenters. The molecule has 14 heteroatoms. The lowest BCUT2D eigenvalue weighted by molar-refractivity contribution is -0.156. The number of halogens is 4. The van der Waals surface area contributed by atoms with Crippen LogP contribution in [-0.2, 0) is 22.4 Å². The van der Waals surface area contributed by atoms with E-state index in [1.165, 1.54) is 0 Å². The van der Waals surface area contributed by atoms with Crippen molar-refractivity contribution in [1.29, 1.82) is 0 Å². The number of benzene rings is 2. The van der Waals surface area contributed by atoms with E-state index in [2.05, 4.69) is 43.4 Å². The number of fused-ring (bicyclic) bond motifs is 6. The molecule has 41 heavy (non-hydrogen) atoms. The fraction of sp³-hybridized carbons (Fsp3) is 0.296. The molecule has 10 nitrogen and oxygen atoms in total. The second-order valence-corrected chi connectivity index (χ2v) is 9.64. The van der Waals surface area contributed by atoms with Crippen LogP contribution < -0.4 is 21.3 Å². The van der Waals surface area contributed by atoms with Gasteiger partial charge in [-0.25, -0.2) is 9.78 Å². The zero-order valence-corrected chi connectivity index (χ0v) is 22.5. The fourth-order valence-electron chi connectivity index (χ4n) is 4.28. The Morgan fingerprint density at radius 3 is 2.61 bits per heavy atom. The third-order valence-corrected chi connectivity index (χ3v) is 6.48. The van der Waals surface area contributed by atoms with Gasteiger partial charge >= 0.3 is 12.2 Å². The van der Waals surface area contributed by atoms with Crippen LogP contribution in [0.4, 0.5) is 46.8 Å². The molecule has 2 aliphatic rings. The van der Waals surface area contributed by atoms with Gasteiger partial charge in [0.05, 0.1) is 6.20 Å². The zero-order chi connectivity index (χ0) is 29.4. The molecule has 5 rings (SSSR count). The maximum atomic E-state index is 12.6. The summed E-state index contributed by atoms with van der Waals surface area (Å²) in [4.78, 5) is 43.6. The Bertz CT molecular complexity index is 1420. The van der Waals surface area contributed by atoms with Crippen molar-refractivity contribution in [1.82, 2.24) is 20.2 Å². The summed E-state index contributed by atoms with van der Waals surface area (Å²) >= 11 is 6.33. The molecule has 0 unspecified atom stereocenters. The predicted octanol–water partition coefficient (Wildman–Crippen LogP) is 5.21. The van der Waals surface area contributed by atoms with Crippen molar-refractivity contribution in [2.24, 2.45) is 0 Å². The number of aldehydes is 1. The SMILES string of the molecule is O=C(NCCN1CCCC1=O)Nc1ccc2cc1CCc1cccc(c1)Nc1ncc(Cl)c(n1)N2.O=CC(F)(F)F. The monoisotopic (exact) mass is 589 g/mol. The average Bonchev–Trinajstić information content (AvgIpc) is 3.34. The number of hydrogen-bond donors (Lipinski definition) is 4. The van der Waals surface area contributed by atoms with Gasteiger partial charge in [-0.05, 0) is 60.7 Å². The molecule has 216 valence electrons. The molecule has 4 N–H and O–H groups in total. The number of carbonyl (C=O) groups excluding carboxylic acids is 3. The van der Waals surface area contributed by atoms with Gasteiger partial charge in [-0.15, -0.1) is 0 Å². The molecule has 6 bridgehead atoms. The molecular formula is C27H27ClF3N7O3. The first-order valence-electron chi connectivity index (χ1n) is 12.7. The smallest absolute Gasteiger partial charge is 0.341 e. The molecule has 3 aromatic rings. The minimum atomic E-state index is -4.64. The summed E-state index contributed by atoms with van der Waals surface area (Å²) in [5.74, 6) is 1.08. The van der Waals surface area contributed by atoms with E-state index in [-0.39, 0.29) is 11.9 Å². The van der Waals surface area contributed by atoms with Crippen LogP contribution in [0, 0.1) is 0 Å². The van der Waals surface area contributed by atoms with E-state index in [4.69, 9.17) is 16.4 Å². The Morgan fingerprint density at radius 2 is 1.88 bits per heavy atom. The van der Waals surface area contributed by atoms with Gasteiger partial charge in [0, 0.05) is 43.1 Å². The normalized spacial score (nSPS) is 14.1. The van der Waals surface area contributed by atoms with Crippen molar-refractivity contribution < 1.29 is 27.6 Å². The highest BCUT2D eigenvalue weighted by atomic mass is 35.5. The van der Waals surface area contributed by atoms with Gasteiger partial charge in [0.25, 0.3) is 0 Å². The summed E-state index contributed by atoms with van der Waals surface area (Å²) in [7, 11) is 0. The van der Waals surface area contributed by atoms with Gasteiger partial charge < -0.3 is 26.2 Å². The van der Waals surface area contributed by atoms with Crippen LogP contribution >= 0.6 is 11.6 Å². The fourth-order valence-corrected chi connectivity index (χ4v) is 4.41. The van der Waals surface area contributed by atoms with Gasteiger partial charge in [-0.3, -0.25) is 9.59 Å². The number of nitrogens with one attached hydrogen (secondary N) is 4. The van der Waals surface area contributed by atoms with Crippen LogP contribution in [0.1, 0.15) is 24.0 Å². The first kappa shape index (κ1) is 29.6. The van der Waals surface area contributed by atoms with E-state index < -0.39 is 12.5 Å². The molecule has 0 saturated carbocycles. The van der Waals surface area contributed by atoms with Crippen LogP contribution in [0.25, 0.3) is 0 Å². The van der Waals surface area contributed by atoms with Gasteiger partial charge in [-0.2, -0.15) is 18.2 Å². The van der Waals surface area contributed by atoms with Crippen LogP contribution in [0.3, 0.4) is 0 Å². The Hall–Kier alpha value is -4.39. The van der Waals surface area contributed by atoms with Crippen LogP contribution in [0.2, 0.25) is 5.02 Å². The summed E-state index contributed by atoms with van der Waals surface area (Å²) in [5, 5.41) is 12.7. The number of nitrogens with zero attached hydrogens (tertiary/aromatic N) is 3. The van der Waals surface area contributed by atoms with Gasteiger partial charge in [0.2, 0.25) is 18.1 Å². The standard InChI is InChI=1S/C25H26ClN7O2.C2HF3O/c26-20-15-28-24-30-18-4-1-3-16(13-18)6-7-17-14-19(29-23(20)32-24)8-9-21(17)31-25(35)27-10-12-33-11-2-5-22(33)34;3-2(4,5)1-6/h1,3-4,8-9,13-15H,2,5-7,10-12H2,(H2,27,31,35)(H2,28,29,30,32);1H. The second kappa shape index (κ2) is 13.3. The molecule has 0 aliphatic carbocycles. The number of rotatable bonds is 4. The number of amides is 3. The quantitative estimate of drug-likeness (QED) is 0.308. The summed E-state index contributed by atoms with van der Waals surface area (Å²) in [6.07, 6.45) is -1.17. The van der Waals surface area contributed by atoms with E-state index in [0.717, 1.165) is 47.6 Å². The van der Waals surface area contributed by atoms with Gasteiger partial charge in [-0.1, -0.05) is 23.7 Å². The summed E-state index contributed by atoms with van der Waals surface area (Å²) < 4.78 is 31.2. The first-order valence-corrected chi connectivity index (χ1v) is 13.1. The molecule has 0 radical (unpaired) electrons. The number of aromatic nitrogens is 2. The molecule has 3 heterocycles. The Labute approximate surface area is 238 Å². The third kappa shape index (κ3) is 8.80. The number of anilines is 5. The number of aryl methyl sites for hydroxylation is 2. The van der Waals surface area contributed by atoms with Gasteiger partial charge in [0.1, 0.15) is 5.02 Å². The van der Waals surface area contributed by atoms with Gasteiger partial charge in [0.15, 0.2) is 5.82 Å². The molecule has 1 fully saturated rings. The minimum absolute atomic E-state index is 0.150. The Balaban J connectivity index is 0.000000585. The van der Waals surface area contributed by atoms with E-state index in [1.54, 1.807) is 11.1 Å². The van der Waals surface area contributed by atoms with Crippen molar-refractivity contribution >= 4 is 58.7 Å². The first-order chi connectivity index (χ1) is 19.6. The van der Waals surface area contributed by atoms with E-state index in [9.17, 15) is 22.8 Å². The number of hydrogen-bond acceptors (Lipinski definition) is 7. The number of urea groups is 1. The molecule has 1 aromatic heterocycles. The van der Waals surface area contributed by atoms with Crippen LogP contribution in [-0.4, -0.2) is 58.9 Å². The Kier molecular flexibility index (Phi) is 9.61. The number of carbonyl (C=O) groups is 3. The summed E-state index contributed by atoms with van der Waals surface area (Å²) in [6.45, 7) is 1.68. The summed E-state index contributed by atoms with van der Waals surface area (Å²) in [5.41, 5.74) is 4.53. The lowest BCUT2D eigenvalue weighted by Crippen LogP contribution is -2.37. The topological polar surface area (TPSA) is 128 Å². The molecule has 2 aliphatic heterocycles. The lowest BCUT2D eigenvalue weighted by Gasteiger charge is -2.17. The minimum Gasteiger partial charge on any atom is -0.341 e. The third-order valence-electron chi connectivity index (χ3n) is 6.20. The zero-order valence-electron chi connectivity index (χ0n) is 21.7. The lowest BCUT2D eigenvalue weighted by atomic mass is 10.0. The van der Waals surface area contributed by atoms with Crippen LogP contribution in [0.5, 0.6) is 0 Å². The van der Waals surface area contributed by atoms with E-state index in [1.807, 2.05) is 30.3 Å². The van der Waals surface area contributed by atoms with Crippen molar-refractivity contribution in [3.63, 3.8) is 0 Å². The molecular weight excluding hydrogens is 563 g/mol. The largest absolute Gasteiger partial charge is 0.446 e. The van der Waals surface area contributed by atoms with Crippen molar-refractivity contribution in [3.8, 4) is 0 Å². The second-order valence-electron chi connectivity index (χ2n) is 9.24. The maximum absolute atomic E-state index is 12.6. The number of alkyl halides is 3. The highest BCUT2D eigenvalue weighted by Gasteiger charge is 2.25. The molecule has 0 spiro atoms. The highest BCUT2D eigenvalue weighted by molar-refractivity contribution is 6.32. The predicted molar refractivity (Wildman–Crippen MR) is 149 cm³/mol. The summed E-state index contributed by atoms with van der Waals surface area (Å²) in [6, 6.07) is 13.5.